The van der Waals surface area contributed by atoms with Crippen LogP contribution in [0.3, 0.4) is 0 Å². The monoisotopic (exact) mass is 195 g/mol. The van der Waals surface area contributed by atoms with E-state index < -0.39 is 0 Å². The molecule has 0 saturated carbocycles. The number of aromatic nitrogens is 2. The number of rotatable bonds is 5. The third-order valence-electron chi connectivity index (χ3n) is 2.94. The van der Waals surface area contributed by atoms with Gasteiger partial charge in [-0.2, -0.15) is 0 Å². The summed E-state index contributed by atoms with van der Waals surface area (Å²) in [6, 6.07) is 0.828. The van der Waals surface area contributed by atoms with Crippen LogP contribution in [0.15, 0.2) is 12.4 Å². The van der Waals surface area contributed by atoms with E-state index in [0.717, 1.165) is 5.82 Å². The van der Waals surface area contributed by atoms with E-state index >= 15 is 0 Å². The van der Waals surface area contributed by atoms with Crippen molar-refractivity contribution in [1.82, 2.24) is 15.3 Å². The van der Waals surface area contributed by atoms with Crippen molar-refractivity contribution in [1.29, 1.82) is 0 Å². The highest BCUT2D eigenvalue weighted by atomic mass is 15.0. The first-order valence-electron chi connectivity index (χ1n) is 5.40. The van der Waals surface area contributed by atoms with Crippen LogP contribution >= 0.6 is 0 Å². The molecular weight excluding hydrogens is 174 g/mol. The molecule has 1 rings (SSSR count). The molecule has 2 N–H and O–H groups in total. The van der Waals surface area contributed by atoms with Gasteiger partial charge in [0.25, 0.3) is 0 Å². The predicted molar refractivity (Wildman–Crippen MR) is 59.1 cm³/mol. The van der Waals surface area contributed by atoms with Gasteiger partial charge in [-0.1, -0.05) is 20.3 Å². The molecule has 3 nitrogen and oxygen atoms in total. The van der Waals surface area contributed by atoms with Gasteiger partial charge in [-0.15, -0.1) is 0 Å². The number of hydrogen-bond donors (Lipinski definition) is 2. The molecule has 3 unspecified atom stereocenters. The van der Waals surface area contributed by atoms with Crippen LogP contribution in [-0.4, -0.2) is 16.0 Å². The third kappa shape index (κ3) is 2.84. The zero-order chi connectivity index (χ0) is 10.6. The summed E-state index contributed by atoms with van der Waals surface area (Å²) in [6.45, 7) is 8.86. The lowest BCUT2D eigenvalue weighted by Gasteiger charge is -2.23. The maximum Gasteiger partial charge on any atom is 0.122 e. The Balaban J connectivity index is 2.44. The Morgan fingerprint density at radius 3 is 2.64 bits per heavy atom. The van der Waals surface area contributed by atoms with Crippen molar-refractivity contribution in [3.63, 3.8) is 0 Å². The highest BCUT2D eigenvalue weighted by molar-refractivity contribution is 4.94. The van der Waals surface area contributed by atoms with Gasteiger partial charge in [0.05, 0.1) is 6.04 Å². The molecule has 0 aromatic carbocycles. The van der Waals surface area contributed by atoms with Crippen LogP contribution in [0.25, 0.3) is 0 Å². The summed E-state index contributed by atoms with van der Waals surface area (Å²) in [5.74, 6) is 1.72. The molecule has 1 aromatic heterocycles. The molecule has 0 aliphatic carbocycles. The fraction of sp³-hybridized carbons (Fsp3) is 0.727. The van der Waals surface area contributed by atoms with Crippen molar-refractivity contribution < 1.29 is 0 Å². The lowest BCUT2D eigenvalue weighted by atomic mass is 10.0. The molecule has 0 saturated heterocycles. The van der Waals surface area contributed by atoms with E-state index in [1.807, 2.05) is 6.20 Å². The summed E-state index contributed by atoms with van der Waals surface area (Å²) < 4.78 is 0. The smallest absolute Gasteiger partial charge is 0.122 e. The van der Waals surface area contributed by atoms with Gasteiger partial charge in [-0.05, 0) is 19.8 Å². The molecule has 1 aromatic rings. The number of H-pyrrole nitrogens is 1. The summed E-state index contributed by atoms with van der Waals surface area (Å²) in [4.78, 5) is 7.36. The molecule has 0 amide bonds. The van der Waals surface area contributed by atoms with Gasteiger partial charge >= 0.3 is 0 Å². The zero-order valence-corrected chi connectivity index (χ0v) is 9.54. The zero-order valence-electron chi connectivity index (χ0n) is 9.54. The molecule has 14 heavy (non-hydrogen) atoms. The van der Waals surface area contributed by atoms with E-state index in [-0.39, 0.29) is 0 Å². The molecule has 0 aliphatic heterocycles. The second kappa shape index (κ2) is 5.15. The van der Waals surface area contributed by atoms with Crippen molar-refractivity contribution in [2.75, 3.05) is 0 Å². The maximum absolute atomic E-state index is 4.24. The first kappa shape index (κ1) is 11.2. The molecule has 0 aliphatic rings. The van der Waals surface area contributed by atoms with Crippen LogP contribution in [0.4, 0.5) is 0 Å². The van der Waals surface area contributed by atoms with Crippen molar-refractivity contribution in [3.05, 3.63) is 18.2 Å². The van der Waals surface area contributed by atoms with E-state index in [1.165, 1.54) is 6.42 Å². The fourth-order valence-corrected chi connectivity index (χ4v) is 1.51. The van der Waals surface area contributed by atoms with Gasteiger partial charge < -0.3 is 10.3 Å². The minimum atomic E-state index is 0.300. The quantitative estimate of drug-likeness (QED) is 0.758. The number of imidazole rings is 1. The Labute approximate surface area is 86.3 Å². The maximum atomic E-state index is 4.24. The normalized spacial score (nSPS) is 17.7. The molecule has 0 spiro atoms. The Kier molecular flexibility index (Phi) is 4.14. The number of nitrogens with one attached hydrogen (secondary N) is 2. The second-order valence-corrected chi connectivity index (χ2v) is 4.04. The summed E-state index contributed by atoms with van der Waals surface area (Å²) in [7, 11) is 0. The number of nitrogens with zero attached hydrogens (tertiary/aromatic N) is 1. The lowest BCUT2D eigenvalue weighted by Crippen LogP contribution is -2.34. The molecule has 0 radical (unpaired) electrons. The van der Waals surface area contributed by atoms with Crippen molar-refractivity contribution in [2.45, 2.75) is 46.2 Å². The summed E-state index contributed by atoms with van der Waals surface area (Å²) in [6.07, 6.45) is 4.86. The number of hydrogen-bond acceptors (Lipinski definition) is 2. The average molecular weight is 195 g/mol. The van der Waals surface area contributed by atoms with Gasteiger partial charge in [0.1, 0.15) is 5.82 Å². The van der Waals surface area contributed by atoms with E-state index in [1.54, 1.807) is 6.20 Å². The van der Waals surface area contributed by atoms with Crippen molar-refractivity contribution in [3.8, 4) is 0 Å². The predicted octanol–water partition coefficient (Wildman–Crippen LogP) is 2.49. The molecule has 80 valence electrons. The third-order valence-corrected chi connectivity index (χ3v) is 2.94. The van der Waals surface area contributed by atoms with Crippen molar-refractivity contribution in [2.24, 2.45) is 5.92 Å². The van der Waals surface area contributed by atoms with Gasteiger partial charge in [0, 0.05) is 18.4 Å². The van der Waals surface area contributed by atoms with E-state index in [2.05, 4.69) is 43.0 Å². The van der Waals surface area contributed by atoms with E-state index in [4.69, 9.17) is 0 Å². The molecule has 3 heteroatoms. The molecule has 0 bridgehead atoms. The van der Waals surface area contributed by atoms with Gasteiger partial charge in [-0.25, -0.2) is 4.98 Å². The van der Waals surface area contributed by atoms with Gasteiger partial charge in [0.2, 0.25) is 0 Å². The minimum absolute atomic E-state index is 0.300. The highest BCUT2D eigenvalue weighted by Crippen LogP contribution is 2.12. The Bertz CT molecular complexity index is 243. The minimum Gasteiger partial charge on any atom is -0.347 e. The summed E-state index contributed by atoms with van der Waals surface area (Å²) >= 11 is 0. The Hall–Kier alpha value is -0.830. The highest BCUT2D eigenvalue weighted by Gasteiger charge is 2.14. The van der Waals surface area contributed by atoms with Gasteiger partial charge in [0.15, 0.2) is 0 Å². The molecule has 1 heterocycles. The van der Waals surface area contributed by atoms with Gasteiger partial charge in [-0.3, -0.25) is 0 Å². The largest absolute Gasteiger partial charge is 0.347 e. The molecule has 0 fully saturated rings. The second-order valence-electron chi connectivity index (χ2n) is 4.04. The SMILES string of the molecule is CCC(C)C(C)NC(C)c1ncc[nH]1. The van der Waals surface area contributed by atoms with Crippen LogP contribution in [0.1, 0.15) is 46.0 Å². The fourth-order valence-electron chi connectivity index (χ4n) is 1.51. The Morgan fingerprint density at radius 2 is 2.14 bits per heavy atom. The van der Waals surface area contributed by atoms with Crippen LogP contribution in [0.5, 0.6) is 0 Å². The van der Waals surface area contributed by atoms with Crippen molar-refractivity contribution >= 4 is 0 Å². The Morgan fingerprint density at radius 1 is 1.43 bits per heavy atom. The average Bonchev–Trinajstić information content (AvgIpc) is 2.69. The molecular formula is C11H21N3. The van der Waals surface area contributed by atoms with Crippen LogP contribution in [-0.2, 0) is 0 Å². The number of aromatic amines is 1. The molecule has 3 atom stereocenters. The summed E-state index contributed by atoms with van der Waals surface area (Å²) in [5.41, 5.74) is 0. The first-order chi connectivity index (χ1) is 6.65. The topological polar surface area (TPSA) is 40.7 Å². The first-order valence-corrected chi connectivity index (χ1v) is 5.40. The van der Waals surface area contributed by atoms with Crippen LogP contribution in [0.2, 0.25) is 0 Å². The lowest BCUT2D eigenvalue weighted by molar-refractivity contribution is 0.355. The van der Waals surface area contributed by atoms with E-state index in [9.17, 15) is 0 Å². The van der Waals surface area contributed by atoms with Crippen LogP contribution < -0.4 is 5.32 Å². The standard InChI is InChI=1S/C11H21N3/c1-5-8(2)9(3)14-10(4)11-12-6-7-13-11/h6-10,14H,5H2,1-4H3,(H,12,13). The van der Waals surface area contributed by atoms with E-state index in [0.29, 0.717) is 18.0 Å². The summed E-state index contributed by atoms with van der Waals surface area (Å²) in [5, 5.41) is 3.54. The van der Waals surface area contributed by atoms with Crippen LogP contribution in [0, 0.1) is 5.92 Å².